The summed E-state index contributed by atoms with van der Waals surface area (Å²) in [6.07, 6.45) is 1.34. The van der Waals surface area contributed by atoms with E-state index in [1.165, 1.54) is 11.8 Å². The van der Waals surface area contributed by atoms with E-state index in [0.29, 0.717) is 51.6 Å². The molecule has 0 spiro atoms. The fourth-order valence-corrected chi connectivity index (χ4v) is 7.35. The van der Waals surface area contributed by atoms with Crippen LogP contribution in [0.15, 0.2) is 4.99 Å². The fourth-order valence-electron chi connectivity index (χ4n) is 7.35. The maximum Gasteiger partial charge on any atom is 0.245 e. The third-order valence-corrected chi connectivity index (χ3v) is 11.7. The Hall–Kier alpha value is -5.58. The highest BCUT2D eigenvalue weighted by molar-refractivity contribution is 5.98. The molecule has 0 unspecified atom stereocenters. The van der Waals surface area contributed by atoms with E-state index in [1.54, 1.807) is 55.5 Å². The van der Waals surface area contributed by atoms with Gasteiger partial charge in [-0.25, -0.2) is 0 Å². The summed E-state index contributed by atoms with van der Waals surface area (Å²) in [5.41, 5.74) is 11.0. The van der Waals surface area contributed by atoms with Crippen molar-refractivity contribution in [1.82, 2.24) is 52.8 Å². The van der Waals surface area contributed by atoms with Gasteiger partial charge in [-0.15, -0.1) is 0 Å². The fraction of sp³-hybridized carbons (Fsp3) is 0.773. The van der Waals surface area contributed by atoms with E-state index in [-0.39, 0.29) is 44.3 Å². The minimum absolute atomic E-state index is 0.0124. The Bertz CT molecular complexity index is 1690. The Balaban J connectivity index is 3.32. The van der Waals surface area contributed by atoms with Crippen LogP contribution >= 0.6 is 0 Å². The number of guanidine groups is 1. The zero-order chi connectivity index (χ0) is 51.0. The number of amides is 9. The first kappa shape index (κ1) is 59.4. The number of aliphatic hydroxyl groups excluding tert-OH is 1. The molecule has 1 saturated heterocycles. The first-order valence-electron chi connectivity index (χ1n) is 23.6. The summed E-state index contributed by atoms with van der Waals surface area (Å²) in [6, 6.07) is -8.15. The second kappa shape index (κ2) is 30.7. The standard InChI is InChI=1S/C44H81N13O10/c1-11-17-28(37(61)54-34(25(7)12-2)40(64)52-29(18-15-20-49-44(45)46)43(67)57-21-16-19-30(57)38(62)48-14-4)51-42(66)36(27(9)58)56-41(65)35(26(8)13-3)55-39(63)33(24(5)6)53-32(60)23-50-31(59)22-47-10/h24-30,33-36,47,58H,11-23H2,1-10H3,(H,48,62)(H,50,59)(H,51,66)(H,52,64)(H,53,60)(H,54,61)(H,55,63)(H,56,65)(H4,45,46,49)/t25-,26-,27+,28-,29-,30-,33-,34-,35+,36-/m0/s1. The predicted octanol–water partition coefficient (Wildman–Crippen LogP) is -2.66. The van der Waals surface area contributed by atoms with Crippen molar-refractivity contribution in [2.24, 2.45) is 34.2 Å². The van der Waals surface area contributed by atoms with E-state index in [1.807, 2.05) is 6.92 Å². The molecule has 1 aliphatic rings. The molecule has 1 heterocycles. The van der Waals surface area contributed by atoms with Gasteiger partial charge < -0.3 is 69.3 Å². The van der Waals surface area contributed by atoms with Crippen LogP contribution in [0.25, 0.3) is 0 Å². The van der Waals surface area contributed by atoms with Gasteiger partial charge >= 0.3 is 0 Å². The molecule has 23 heteroatoms. The SMILES string of the molecule is CCC[C@H](NC(=O)[C@@H](NC(=O)[C@H](NC(=O)[C@@H](NC(=O)CNC(=O)CNC)C(C)C)[C@@H](C)CC)[C@@H](C)O)C(=O)N[C@H](C(=O)N[C@@H](CCCN=C(N)N)C(=O)N1CCC[C@H]1C(=O)NCC)[C@@H](C)CC. The molecule has 1 rings (SSSR count). The van der Waals surface area contributed by atoms with Gasteiger partial charge in [-0.3, -0.25) is 48.1 Å². The number of carbonyl (C=O) groups is 9. The topological polar surface area (TPSA) is 350 Å². The van der Waals surface area contributed by atoms with Crippen LogP contribution in [0.1, 0.15) is 114 Å². The van der Waals surface area contributed by atoms with Gasteiger partial charge in [0.05, 0.1) is 19.2 Å². The molecule has 0 aromatic heterocycles. The van der Waals surface area contributed by atoms with Gasteiger partial charge in [0.15, 0.2) is 5.96 Å². The van der Waals surface area contributed by atoms with Gasteiger partial charge in [-0.1, -0.05) is 67.7 Å². The number of hydrogen-bond acceptors (Lipinski definition) is 12. The predicted molar refractivity (Wildman–Crippen MR) is 252 cm³/mol. The second-order valence-corrected chi connectivity index (χ2v) is 17.5. The molecule has 14 N–H and O–H groups in total. The summed E-state index contributed by atoms with van der Waals surface area (Å²) in [4.78, 5) is 126. The third kappa shape index (κ3) is 20.0. The van der Waals surface area contributed by atoms with Crippen LogP contribution in [0.3, 0.4) is 0 Å². The number of nitrogens with two attached hydrogens (primary N) is 2. The van der Waals surface area contributed by atoms with Gasteiger partial charge in [-0.05, 0) is 70.8 Å². The van der Waals surface area contributed by atoms with Crippen LogP contribution in [-0.4, -0.2) is 157 Å². The highest BCUT2D eigenvalue weighted by Crippen LogP contribution is 2.21. The molecule has 0 radical (unpaired) electrons. The molecule has 67 heavy (non-hydrogen) atoms. The molecule has 0 saturated carbocycles. The van der Waals surface area contributed by atoms with Crippen molar-refractivity contribution in [3.63, 3.8) is 0 Å². The zero-order valence-corrected chi connectivity index (χ0v) is 41.2. The molecule has 0 aromatic rings. The van der Waals surface area contributed by atoms with Crippen molar-refractivity contribution < 1.29 is 48.3 Å². The van der Waals surface area contributed by atoms with Crippen molar-refractivity contribution in [1.29, 1.82) is 0 Å². The maximum atomic E-state index is 14.1. The van der Waals surface area contributed by atoms with Crippen molar-refractivity contribution in [3.05, 3.63) is 0 Å². The van der Waals surface area contributed by atoms with Crippen molar-refractivity contribution in [2.45, 2.75) is 162 Å². The third-order valence-electron chi connectivity index (χ3n) is 11.7. The minimum atomic E-state index is -1.60. The maximum absolute atomic E-state index is 14.1. The second-order valence-electron chi connectivity index (χ2n) is 17.5. The minimum Gasteiger partial charge on any atom is -0.391 e. The zero-order valence-electron chi connectivity index (χ0n) is 41.2. The van der Waals surface area contributed by atoms with Crippen LogP contribution in [0.2, 0.25) is 0 Å². The first-order valence-corrected chi connectivity index (χ1v) is 23.6. The molecule has 9 amide bonds. The summed E-state index contributed by atoms with van der Waals surface area (Å²) in [5, 5.41) is 34.6. The first-order chi connectivity index (χ1) is 31.6. The van der Waals surface area contributed by atoms with Gasteiger partial charge in [-0.2, -0.15) is 0 Å². The number of hydrogen-bond donors (Lipinski definition) is 12. The summed E-state index contributed by atoms with van der Waals surface area (Å²) < 4.78 is 0. The number of aliphatic imine (C=N–C) groups is 1. The quantitative estimate of drug-likeness (QED) is 0.0199. The normalized spacial score (nSPS) is 17.4. The lowest BCUT2D eigenvalue weighted by molar-refractivity contribution is -0.142. The van der Waals surface area contributed by atoms with Crippen molar-refractivity contribution in [2.75, 3.05) is 39.8 Å². The Kier molecular flexibility index (Phi) is 27.2. The summed E-state index contributed by atoms with van der Waals surface area (Å²) in [6.45, 7) is 15.7. The van der Waals surface area contributed by atoms with Crippen LogP contribution in [0.4, 0.5) is 0 Å². The number of aliphatic hydroxyl groups is 1. The lowest BCUT2D eigenvalue weighted by atomic mass is 9.95. The Morgan fingerprint density at radius 3 is 1.72 bits per heavy atom. The summed E-state index contributed by atoms with van der Waals surface area (Å²) >= 11 is 0. The average molecular weight is 952 g/mol. The van der Waals surface area contributed by atoms with E-state index in [2.05, 4.69) is 52.8 Å². The van der Waals surface area contributed by atoms with Crippen LogP contribution in [-0.2, 0) is 43.2 Å². The Morgan fingerprint density at radius 1 is 0.657 bits per heavy atom. The van der Waals surface area contributed by atoms with E-state index in [0.717, 1.165) is 0 Å². The molecule has 10 atom stereocenters. The largest absolute Gasteiger partial charge is 0.391 e. The molecule has 0 aromatic carbocycles. The number of likely N-dealkylation sites (tertiary alicyclic amines) is 1. The van der Waals surface area contributed by atoms with E-state index in [4.69, 9.17) is 11.5 Å². The number of nitrogens with one attached hydrogen (secondary N) is 9. The molecule has 382 valence electrons. The molecule has 23 nitrogen and oxygen atoms in total. The van der Waals surface area contributed by atoms with Gasteiger partial charge in [0.25, 0.3) is 0 Å². The lowest BCUT2D eigenvalue weighted by Crippen LogP contribution is -2.63. The summed E-state index contributed by atoms with van der Waals surface area (Å²) in [7, 11) is 1.57. The number of carbonyl (C=O) groups excluding carboxylic acids is 9. The van der Waals surface area contributed by atoms with Crippen molar-refractivity contribution in [3.8, 4) is 0 Å². The highest BCUT2D eigenvalue weighted by atomic mass is 16.3. The number of rotatable bonds is 30. The molecule has 1 aliphatic heterocycles. The summed E-state index contributed by atoms with van der Waals surface area (Å²) in [5.74, 6) is -7.14. The molecular weight excluding hydrogens is 871 g/mol. The van der Waals surface area contributed by atoms with Gasteiger partial charge in [0.2, 0.25) is 53.2 Å². The van der Waals surface area contributed by atoms with E-state index >= 15 is 0 Å². The number of nitrogens with zero attached hydrogens (tertiary/aromatic N) is 2. The Morgan fingerprint density at radius 2 is 1.19 bits per heavy atom. The van der Waals surface area contributed by atoms with Gasteiger partial charge in [0, 0.05) is 19.6 Å². The van der Waals surface area contributed by atoms with Gasteiger partial charge in [0.1, 0.15) is 42.3 Å². The molecule has 1 fully saturated rings. The highest BCUT2D eigenvalue weighted by Gasteiger charge is 2.40. The lowest BCUT2D eigenvalue weighted by Gasteiger charge is -2.32. The number of likely N-dealkylation sites (N-methyl/N-ethyl adjacent to an activating group) is 2. The monoisotopic (exact) mass is 952 g/mol. The molecular formula is C44H81N13O10. The molecule has 0 bridgehead atoms. The van der Waals surface area contributed by atoms with E-state index in [9.17, 15) is 48.3 Å². The van der Waals surface area contributed by atoms with Crippen LogP contribution in [0, 0.1) is 17.8 Å². The van der Waals surface area contributed by atoms with Crippen LogP contribution < -0.4 is 59.3 Å². The molecule has 0 aliphatic carbocycles. The van der Waals surface area contributed by atoms with Crippen LogP contribution in [0.5, 0.6) is 0 Å². The Labute approximate surface area is 395 Å². The smallest absolute Gasteiger partial charge is 0.245 e. The average Bonchev–Trinajstić information content (AvgIpc) is 3.77. The van der Waals surface area contributed by atoms with Crippen molar-refractivity contribution >= 4 is 59.1 Å². The van der Waals surface area contributed by atoms with E-state index < -0.39 is 113 Å².